The molecule has 0 fully saturated rings. The average Bonchev–Trinajstić information content (AvgIpc) is 3.11. The third-order valence-corrected chi connectivity index (χ3v) is 4.55. The molecule has 146 valence electrons. The lowest BCUT2D eigenvalue weighted by atomic mass is 10.2. The summed E-state index contributed by atoms with van der Waals surface area (Å²) in [4.78, 5) is 27.2. The zero-order chi connectivity index (χ0) is 19.5. The summed E-state index contributed by atoms with van der Waals surface area (Å²) in [6, 6.07) is 3.74. The van der Waals surface area contributed by atoms with E-state index in [1.807, 2.05) is 23.6 Å². The van der Waals surface area contributed by atoms with Crippen LogP contribution in [0.3, 0.4) is 0 Å². The molecule has 9 nitrogen and oxygen atoms in total. The summed E-state index contributed by atoms with van der Waals surface area (Å²) in [6.45, 7) is 3.90. The van der Waals surface area contributed by atoms with E-state index in [4.69, 9.17) is 4.74 Å². The molecule has 0 aliphatic heterocycles. The lowest BCUT2D eigenvalue weighted by molar-refractivity contribution is -0.124. The van der Waals surface area contributed by atoms with Gasteiger partial charge in [-0.1, -0.05) is 11.8 Å². The molecule has 2 N–H and O–H groups in total. The predicted octanol–water partition coefficient (Wildman–Crippen LogP) is 0.721. The minimum absolute atomic E-state index is 0.0425. The number of hydrogen-bond acceptors (Lipinski definition) is 7. The molecule has 0 saturated heterocycles. The Morgan fingerprint density at radius 1 is 1.22 bits per heavy atom. The van der Waals surface area contributed by atoms with Crippen molar-refractivity contribution in [3.05, 3.63) is 24.5 Å². The summed E-state index contributed by atoms with van der Waals surface area (Å²) in [7, 11) is 1.52. The first kappa shape index (κ1) is 20.8. The number of rotatable bonds is 11. The topological polar surface area (TPSA) is 111 Å². The van der Waals surface area contributed by atoms with Gasteiger partial charge in [-0.3, -0.25) is 14.6 Å². The summed E-state index contributed by atoms with van der Waals surface area (Å²) in [6.07, 6.45) is 4.21. The second-order valence-corrected chi connectivity index (χ2v) is 6.43. The highest BCUT2D eigenvalue weighted by atomic mass is 32.2. The van der Waals surface area contributed by atoms with Gasteiger partial charge in [0, 0.05) is 44.8 Å². The number of hydrogen-bond donors (Lipinski definition) is 2. The van der Waals surface area contributed by atoms with Crippen LogP contribution in [0.4, 0.5) is 0 Å². The summed E-state index contributed by atoms with van der Waals surface area (Å²) in [5.74, 6) is 0.393. The number of carbonyl (C=O) groups is 2. The first-order chi connectivity index (χ1) is 13.2. The van der Waals surface area contributed by atoms with Crippen molar-refractivity contribution in [3.8, 4) is 11.4 Å². The number of aromatic nitrogens is 4. The van der Waals surface area contributed by atoms with E-state index in [2.05, 4.69) is 25.8 Å². The van der Waals surface area contributed by atoms with E-state index in [9.17, 15) is 9.59 Å². The number of pyridine rings is 1. The van der Waals surface area contributed by atoms with Gasteiger partial charge in [0.2, 0.25) is 11.8 Å². The molecular weight excluding hydrogens is 368 g/mol. The van der Waals surface area contributed by atoms with Crippen LogP contribution >= 0.6 is 11.8 Å². The minimum Gasteiger partial charge on any atom is -0.382 e. The smallest absolute Gasteiger partial charge is 0.239 e. The molecule has 2 amide bonds. The van der Waals surface area contributed by atoms with Gasteiger partial charge >= 0.3 is 0 Å². The molecule has 0 saturated carbocycles. The molecule has 0 aromatic carbocycles. The summed E-state index contributed by atoms with van der Waals surface area (Å²) < 4.78 is 7.38. The molecule has 0 atom stereocenters. The van der Waals surface area contributed by atoms with Crippen LogP contribution < -0.4 is 10.6 Å². The van der Waals surface area contributed by atoms with Gasteiger partial charge in [0.05, 0.1) is 12.3 Å². The van der Waals surface area contributed by atoms with Crippen molar-refractivity contribution < 1.29 is 14.3 Å². The molecule has 2 heterocycles. The van der Waals surface area contributed by atoms with Gasteiger partial charge in [-0.2, -0.15) is 0 Å². The Labute approximate surface area is 162 Å². The maximum absolute atomic E-state index is 11.9. The van der Waals surface area contributed by atoms with Crippen molar-refractivity contribution in [2.45, 2.75) is 25.0 Å². The first-order valence-corrected chi connectivity index (χ1v) is 9.65. The summed E-state index contributed by atoms with van der Waals surface area (Å²) in [5.41, 5.74) is 0.907. The highest BCUT2D eigenvalue weighted by Gasteiger charge is 2.15. The van der Waals surface area contributed by atoms with Gasteiger partial charge in [-0.15, -0.1) is 10.2 Å². The van der Waals surface area contributed by atoms with Crippen LogP contribution in [0.5, 0.6) is 0 Å². The van der Waals surface area contributed by atoms with E-state index in [1.54, 1.807) is 12.4 Å². The van der Waals surface area contributed by atoms with E-state index in [0.717, 1.165) is 17.8 Å². The van der Waals surface area contributed by atoms with Crippen LogP contribution in [0.1, 0.15) is 13.3 Å². The highest BCUT2D eigenvalue weighted by Crippen LogP contribution is 2.23. The quantitative estimate of drug-likeness (QED) is 0.428. The molecule has 0 bridgehead atoms. The Morgan fingerprint density at radius 2 is 2.00 bits per heavy atom. The minimum atomic E-state index is -0.243. The van der Waals surface area contributed by atoms with Crippen LogP contribution in [0.25, 0.3) is 11.4 Å². The van der Waals surface area contributed by atoms with Crippen molar-refractivity contribution in [3.63, 3.8) is 0 Å². The molecule has 0 unspecified atom stereocenters. The number of nitrogens with one attached hydrogen (secondary N) is 2. The fourth-order valence-corrected chi connectivity index (χ4v) is 3.02. The second kappa shape index (κ2) is 11.3. The van der Waals surface area contributed by atoms with Gasteiger partial charge in [0.1, 0.15) is 0 Å². The highest BCUT2D eigenvalue weighted by molar-refractivity contribution is 7.99. The molecule has 0 radical (unpaired) electrons. The van der Waals surface area contributed by atoms with E-state index < -0.39 is 0 Å². The number of thioether (sulfide) groups is 1. The molecule has 27 heavy (non-hydrogen) atoms. The fraction of sp³-hybridized carbons (Fsp3) is 0.471. The first-order valence-electron chi connectivity index (χ1n) is 8.67. The second-order valence-electron chi connectivity index (χ2n) is 5.48. The maximum Gasteiger partial charge on any atom is 0.239 e. The molecule has 2 rings (SSSR count). The fourth-order valence-electron chi connectivity index (χ4n) is 2.23. The zero-order valence-electron chi connectivity index (χ0n) is 15.5. The van der Waals surface area contributed by atoms with E-state index >= 15 is 0 Å². The van der Waals surface area contributed by atoms with Crippen molar-refractivity contribution in [2.24, 2.45) is 0 Å². The number of amides is 2. The van der Waals surface area contributed by atoms with Gasteiger partial charge < -0.3 is 19.9 Å². The number of ether oxygens (including phenoxy) is 1. The van der Waals surface area contributed by atoms with Crippen LogP contribution in [-0.4, -0.2) is 64.1 Å². The lowest BCUT2D eigenvalue weighted by Crippen LogP contribution is -2.36. The summed E-state index contributed by atoms with van der Waals surface area (Å²) in [5, 5.41) is 14.2. The van der Waals surface area contributed by atoms with Gasteiger partial charge in [0.25, 0.3) is 0 Å². The largest absolute Gasteiger partial charge is 0.382 e. The predicted molar refractivity (Wildman–Crippen MR) is 102 cm³/mol. The van der Waals surface area contributed by atoms with Crippen molar-refractivity contribution in [1.82, 2.24) is 30.4 Å². The van der Waals surface area contributed by atoms with Crippen molar-refractivity contribution >= 4 is 23.6 Å². The Kier molecular flexibility index (Phi) is 8.72. The standard InChI is InChI=1S/C17H24N6O3S/c1-3-26-10-4-9-23-16(13-5-7-19-8-6-13)21-22-17(23)27-12-15(25)20-11-14(24)18-2/h5-8H,3-4,9-12H2,1-2H3,(H,18,24)(H,20,25). The Balaban J connectivity index is 2.04. The van der Waals surface area contributed by atoms with Gasteiger partial charge in [-0.05, 0) is 25.5 Å². The van der Waals surface area contributed by atoms with Crippen LogP contribution in [0.2, 0.25) is 0 Å². The SMILES string of the molecule is CCOCCCn1c(SCC(=O)NCC(=O)NC)nnc1-c1ccncc1. The third kappa shape index (κ3) is 6.65. The Bertz CT molecular complexity index is 738. The van der Waals surface area contributed by atoms with E-state index in [0.29, 0.717) is 24.9 Å². The molecule has 2 aromatic heterocycles. The van der Waals surface area contributed by atoms with Crippen LogP contribution in [0.15, 0.2) is 29.7 Å². The zero-order valence-corrected chi connectivity index (χ0v) is 16.3. The van der Waals surface area contributed by atoms with Crippen molar-refractivity contribution in [1.29, 1.82) is 0 Å². The van der Waals surface area contributed by atoms with E-state index in [-0.39, 0.29) is 24.1 Å². The van der Waals surface area contributed by atoms with Crippen LogP contribution in [-0.2, 0) is 20.9 Å². The molecular formula is C17H24N6O3S. The molecule has 2 aromatic rings. The van der Waals surface area contributed by atoms with Gasteiger partial charge in [0.15, 0.2) is 11.0 Å². The third-order valence-electron chi connectivity index (χ3n) is 3.59. The summed E-state index contributed by atoms with van der Waals surface area (Å²) >= 11 is 1.28. The number of nitrogens with zero attached hydrogens (tertiary/aromatic N) is 4. The molecule has 0 aliphatic rings. The van der Waals surface area contributed by atoms with E-state index in [1.165, 1.54) is 18.8 Å². The molecule has 0 aliphatic carbocycles. The lowest BCUT2D eigenvalue weighted by Gasteiger charge is -2.10. The average molecular weight is 392 g/mol. The Morgan fingerprint density at radius 3 is 2.70 bits per heavy atom. The molecule has 10 heteroatoms. The molecule has 0 spiro atoms. The Hall–Kier alpha value is -2.46. The van der Waals surface area contributed by atoms with Gasteiger partial charge in [-0.25, -0.2) is 0 Å². The number of carbonyl (C=O) groups excluding carboxylic acids is 2. The van der Waals surface area contributed by atoms with Crippen molar-refractivity contribution in [2.75, 3.05) is 32.6 Å². The van der Waals surface area contributed by atoms with Crippen LogP contribution in [0, 0.1) is 0 Å². The normalized spacial score (nSPS) is 10.6. The number of likely N-dealkylation sites (N-methyl/N-ethyl adjacent to an activating group) is 1. The monoisotopic (exact) mass is 392 g/mol. The maximum atomic E-state index is 11.9.